The monoisotopic (exact) mass is 384 g/mol. The second-order valence-corrected chi connectivity index (χ2v) is 6.55. The van der Waals surface area contributed by atoms with Crippen molar-refractivity contribution in [2.75, 3.05) is 5.32 Å². The third kappa shape index (κ3) is 3.12. The van der Waals surface area contributed by atoms with Crippen LogP contribution in [0.25, 0.3) is 10.9 Å². The minimum atomic E-state index is -0.195. The number of rotatable bonds is 3. The van der Waals surface area contributed by atoms with Crippen molar-refractivity contribution in [2.24, 2.45) is 0 Å². The third-order valence-corrected chi connectivity index (χ3v) is 4.59. The van der Waals surface area contributed by atoms with Crippen molar-refractivity contribution in [3.63, 3.8) is 0 Å². The van der Waals surface area contributed by atoms with Gasteiger partial charge in [-0.05, 0) is 49.2 Å². The van der Waals surface area contributed by atoms with E-state index in [1.807, 2.05) is 38.1 Å². The minimum absolute atomic E-state index is 0.0713. The molecule has 4 nitrogen and oxygen atoms in total. The van der Waals surface area contributed by atoms with Crippen LogP contribution in [0.2, 0.25) is 0 Å². The summed E-state index contributed by atoms with van der Waals surface area (Å²) in [6.07, 6.45) is 0.693. The van der Waals surface area contributed by atoms with Crippen molar-refractivity contribution >= 4 is 38.4 Å². The number of fused-ring (bicyclic) bond motifs is 1. The number of pyridine rings is 1. The Morgan fingerprint density at radius 3 is 2.71 bits per heavy atom. The fourth-order valence-electron chi connectivity index (χ4n) is 2.84. The molecule has 0 bridgehead atoms. The first kappa shape index (κ1) is 16.5. The lowest BCUT2D eigenvalue weighted by Gasteiger charge is -2.10. The Morgan fingerprint density at radius 2 is 2.00 bits per heavy atom. The number of hydrogen-bond donors (Lipinski definition) is 2. The molecule has 1 heterocycles. The SMILES string of the molecule is CCc1c(C)c2ccc(NC(=O)c3cccc(Br)c3)cc2[nH]c1=O. The fourth-order valence-corrected chi connectivity index (χ4v) is 3.24. The summed E-state index contributed by atoms with van der Waals surface area (Å²) in [5.74, 6) is -0.195. The molecule has 0 aliphatic carbocycles. The molecule has 0 fully saturated rings. The zero-order valence-electron chi connectivity index (χ0n) is 13.4. The number of halogens is 1. The highest BCUT2D eigenvalue weighted by molar-refractivity contribution is 9.10. The van der Waals surface area contributed by atoms with Crippen LogP contribution in [0.5, 0.6) is 0 Å². The van der Waals surface area contributed by atoms with E-state index in [1.165, 1.54) is 0 Å². The zero-order chi connectivity index (χ0) is 17.3. The summed E-state index contributed by atoms with van der Waals surface area (Å²) in [6, 6.07) is 12.8. The molecule has 3 rings (SSSR count). The molecule has 0 radical (unpaired) electrons. The number of nitrogens with one attached hydrogen (secondary N) is 2. The summed E-state index contributed by atoms with van der Waals surface area (Å²) >= 11 is 3.36. The number of benzene rings is 2. The fraction of sp³-hybridized carbons (Fsp3) is 0.158. The summed E-state index contributed by atoms with van der Waals surface area (Å²) < 4.78 is 0.848. The number of H-pyrrole nitrogens is 1. The second kappa shape index (κ2) is 6.61. The van der Waals surface area contributed by atoms with Crippen LogP contribution in [0.1, 0.15) is 28.4 Å². The van der Waals surface area contributed by atoms with Crippen LogP contribution in [0.4, 0.5) is 5.69 Å². The van der Waals surface area contributed by atoms with E-state index in [1.54, 1.807) is 18.2 Å². The number of aryl methyl sites for hydroxylation is 1. The van der Waals surface area contributed by atoms with Gasteiger partial charge >= 0.3 is 0 Å². The quantitative estimate of drug-likeness (QED) is 0.702. The van der Waals surface area contributed by atoms with E-state index < -0.39 is 0 Å². The molecule has 1 amide bonds. The molecule has 2 aromatic carbocycles. The predicted molar refractivity (Wildman–Crippen MR) is 101 cm³/mol. The summed E-state index contributed by atoms with van der Waals surface area (Å²) in [5, 5.41) is 3.86. The first-order chi connectivity index (χ1) is 11.5. The van der Waals surface area contributed by atoms with Gasteiger partial charge in [0.15, 0.2) is 0 Å². The number of carbonyl (C=O) groups excluding carboxylic acids is 1. The number of aromatic amines is 1. The highest BCUT2D eigenvalue weighted by Gasteiger charge is 2.10. The molecule has 0 unspecified atom stereocenters. The summed E-state index contributed by atoms with van der Waals surface area (Å²) in [4.78, 5) is 27.4. The first-order valence-corrected chi connectivity index (χ1v) is 8.51. The van der Waals surface area contributed by atoms with Gasteiger partial charge in [-0.3, -0.25) is 9.59 Å². The lowest BCUT2D eigenvalue weighted by Crippen LogP contribution is -2.15. The van der Waals surface area contributed by atoms with E-state index in [0.29, 0.717) is 17.7 Å². The van der Waals surface area contributed by atoms with Gasteiger partial charge in [-0.1, -0.05) is 35.0 Å². The van der Waals surface area contributed by atoms with Crippen LogP contribution >= 0.6 is 15.9 Å². The number of anilines is 1. The Bertz CT molecular complexity index is 992. The molecule has 0 saturated heterocycles. The van der Waals surface area contributed by atoms with Gasteiger partial charge in [-0.2, -0.15) is 0 Å². The van der Waals surface area contributed by atoms with E-state index in [9.17, 15) is 9.59 Å². The minimum Gasteiger partial charge on any atom is -0.322 e. The third-order valence-electron chi connectivity index (χ3n) is 4.10. The van der Waals surface area contributed by atoms with Gasteiger partial charge in [0.25, 0.3) is 11.5 Å². The van der Waals surface area contributed by atoms with Crippen LogP contribution in [0, 0.1) is 6.92 Å². The predicted octanol–water partition coefficient (Wildman–Crippen LogP) is 4.41. The molecule has 5 heteroatoms. The van der Waals surface area contributed by atoms with Gasteiger partial charge in [-0.25, -0.2) is 0 Å². The van der Waals surface area contributed by atoms with Gasteiger partial charge in [-0.15, -0.1) is 0 Å². The maximum absolute atomic E-state index is 12.3. The lowest BCUT2D eigenvalue weighted by atomic mass is 10.0. The molecule has 0 spiro atoms. The second-order valence-electron chi connectivity index (χ2n) is 5.64. The van der Waals surface area contributed by atoms with E-state index in [2.05, 4.69) is 26.2 Å². The average Bonchev–Trinajstić information content (AvgIpc) is 2.55. The van der Waals surface area contributed by atoms with Crippen LogP contribution in [0.15, 0.2) is 51.7 Å². The molecule has 122 valence electrons. The van der Waals surface area contributed by atoms with Gasteiger partial charge < -0.3 is 10.3 Å². The standard InChI is InChI=1S/C19H17BrN2O2/c1-3-15-11(2)16-8-7-14(10-17(16)22-19(15)24)21-18(23)12-5-4-6-13(20)9-12/h4-10H,3H2,1-2H3,(H,21,23)(H,22,24). The highest BCUT2D eigenvalue weighted by atomic mass is 79.9. The Balaban J connectivity index is 1.97. The number of hydrogen-bond acceptors (Lipinski definition) is 2. The Labute approximate surface area is 148 Å². The summed E-state index contributed by atoms with van der Waals surface area (Å²) in [6.45, 7) is 3.92. The number of carbonyl (C=O) groups is 1. The van der Waals surface area contributed by atoms with Crippen molar-refractivity contribution in [1.29, 1.82) is 0 Å². The molecule has 0 aliphatic rings. The van der Waals surface area contributed by atoms with Crippen LogP contribution < -0.4 is 10.9 Å². The van der Waals surface area contributed by atoms with Gasteiger partial charge in [0.05, 0.1) is 5.52 Å². The van der Waals surface area contributed by atoms with Crippen molar-refractivity contribution < 1.29 is 4.79 Å². The maximum Gasteiger partial charge on any atom is 0.255 e. The van der Waals surface area contributed by atoms with Crippen molar-refractivity contribution in [3.05, 3.63) is 74.0 Å². The molecule has 0 saturated carbocycles. The molecule has 1 aromatic heterocycles. The largest absolute Gasteiger partial charge is 0.322 e. The van der Waals surface area contributed by atoms with Gasteiger partial charge in [0.2, 0.25) is 0 Å². The molecule has 0 atom stereocenters. The molecule has 24 heavy (non-hydrogen) atoms. The summed E-state index contributed by atoms with van der Waals surface area (Å²) in [7, 11) is 0. The van der Waals surface area contributed by atoms with Crippen molar-refractivity contribution in [2.45, 2.75) is 20.3 Å². The van der Waals surface area contributed by atoms with Crippen LogP contribution in [0.3, 0.4) is 0 Å². The molecular formula is C19H17BrN2O2. The average molecular weight is 385 g/mol. The topological polar surface area (TPSA) is 62.0 Å². The van der Waals surface area contributed by atoms with Gasteiger partial charge in [0.1, 0.15) is 0 Å². The number of amides is 1. The Hall–Kier alpha value is -2.40. The zero-order valence-corrected chi connectivity index (χ0v) is 15.0. The van der Waals surface area contributed by atoms with Crippen molar-refractivity contribution in [3.8, 4) is 0 Å². The molecule has 0 aliphatic heterocycles. The molecule has 2 N–H and O–H groups in total. The first-order valence-electron chi connectivity index (χ1n) is 7.72. The molecular weight excluding hydrogens is 368 g/mol. The Morgan fingerprint density at radius 1 is 1.21 bits per heavy atom. The lowest BCUT2D eigenvalue weighted by molar-refractivity contribution is 0.102. The maximum atomic E-state index is 12.3. The van der Waals surface area contributed by atoms with Crippen LogP contribution in [-0.2, 0) is 6.42 Å². The highest BCUT2D eigenvalue weighted by Crippen LogP contribution is 2.22. The Kier molecular flexibility index (Phi) is 4.53. The number of aromatic nitrogens is 1. The van der Waals surface area contributed by atoms with E-state index in [0.717, 1.165) is 26.5 Å². The van der Waals surface area contributed by atoms with E-state index >= 15 is 0 Å². The summed E-state index contributed by atoms with van der Waals surface area (Å²) in [5.41, 5.74) is 3.65. The van der Waals surface area contributed by atoms with Crippen molar-refractivity contribution in [1.82, 2.24) is 4.98 Å². The van der Waals surface area contributed by atoms with Gasteiger partial charge in [0, 0.05) is 26.7 Å². The molecule has 3 aromatic rings. The smallest absolute Gasteiger partial charge is 0.255 e. The normalized spacial score (nSPS) is 10.8. The van der Waals surface area contributed by atoms with Crippen LogP contribution in [-0.4, -0.2) is 10.9 Å². The van der Waals surface area contributed by atoms with E-state index in [-0.39, 0.29) is 11.5 Å². The van der Waals surface area contributed by atoms with E-state index in [4.69, 9.17) is 0 Å².